The second-order valence-corrected chi connectivity index (χ2v) is 6.68. The average molecular weight is 386 g/mol. The van der Waals surface area contributed by atoms with Crippen LogP contribution in [-0.4, -0.2) is 42.6 Å². The Balaban J connectivity index is 2.04. The number of rotatable bonds is 8. The van der Waals surface area contributed by atoms with Gasteiger partial charge in [-0.3, -0.25) is 4.79 Å². The number of carbonyl (C=O) groups is 1. The molecule has 2 rings (SSSR count). The van der Waals surface area contributed by atoms with E-state index in [2.05, 4.69) is 34.6 Å². The maximum atomic E-state index is 12.0. The van der Waals surface area contributed by atoms with E-state index >= 15 is 0 Å². The molecule has 0 aliphatic carbocycles. The summed E-state index contributed by atoms with van der Waals surface area (Å²) in [6, 6.07) is 7.56. The number of hydrogen-bond donors (Lipinski definition) is 2. The van der Waals surface area contributed by atoms with Gasteiger partial charge in [-0.1, -0.05) is 31.1 Å². The Hall–Kier alpha value is -2.83. The number of nitrogens with zero attached hydrogens (tertiary/aromatic N) is 3. The summed E-state index contributed by atoms with van der Waals surface area (Å²) in [5.41, 5.74) is 3.82. The van der Waals surface area contributed by atoms with Crippen molar-refractivity contribution in [2.45, 2.75) is 46.7 Å². The lowest BCUT2D eigenvalue weighted by molar-refractivity contribution is 0.0827. The minimum absolute atomic E-state index is 0.00256. The predicted octanol–water partition coefficient (Wildman–Crippen LogP) is 2.76. The maximum Gasteiger partial charge on any atom is 0.253 e. The quantitative estimate of drug-likeness (QED) is 0.539. The van der Waals surface area contributed by atoms with Crippen molar-refractivity contribution in [2.75, 3.05) is 20.6 Å². The summed E-state index contributed by atoms with van der Waals surface area (Å²) in [6.45, 7) is 8.09. The molecule has 0 fully saturated rings. The highest BCUT2D eigenvalue weighted by Gasteiger charge is 2.13. The van der Waals surface area contributed by atoms with Crippen LogP contribution in [-0.2, 0) is 25.9 Å². The summed E-state index contributed by atoms with van der Waals surface area (Å²) in [7, 11) is 3.50. The average Bonchev–Trinajstić information content (AvgIpc) is 3.11. The van der Waals surface area contributed by atoms with Gasteiger partial charge >= 0.3 is 0 Å². The molecule has 1 aromatic heterocycles. The molecular formula is C21H31N5O2. The number of nitrogens with one attached hydrogen (secondary N) is 2. The number of hydrogen-bond acceptors (Lipinski definition) is 4. The highest BCUT2D eigenvalue weighted by Crippen LogP contribution is 2.15. The second kappa shape index (κ2) is 10.5. The van der Waals surface area contributed by atoms with Gasteiger partial charge in [0.05, 0.1) is 12.2 Å². The molecule has 0 saturated heterocycles. The Labute approximate surface area is 167 Å². The van der Waals surface area contributed by atoms with E-state index in [4.69, 9.17) is 4.52 Å². The van der Waals surface area contributed by atoms with Gasteiger partial charge in [-0.05, 0) is 31.0 Å². The van der Waals surface area contributed by atoms with Crippen molar-refractivity contribution in [3.05, 3.63) is 52.4 Å². The standard InChI is InChI=1S/C21H31N5O2/c1-6-18-17(19(7-2)28-25-18)14-24-21(22-8-3)23-13-15-9-11-16(12-10-15)20(27)26(4)5/h9-12H,6-8,13-14H2,1-5H3,(H2,22,23,24). The van der Waals surface area contributed by atoms with Crippen LogP contribution in [0.4, 0.5) is 0 Å². The number of benzene rings is 1. The fourth-order valence-corrected chi connectivity index (χ4v) is 2.83. The molecule has 0 unspecified atom stereocenters. The van der Waals surface area contributed by atoms with Gasteiger partial charge in [0.25, 0.3) is 5.91 Å². The van der Waals surface area contributed by atoms with Crippen molar-refractivity contribution < 1.29 is 9.32 Å². The number of aliphatic imine (C=N–C) groups is 1. The van der Waals surface area contributed by atoms with Crippen molar-refractivity contribution in [1.29, 1.82) is 0 Å². The molecule has 0 aliphatic rings. The number of carbonyl (C=O) groups excluding carboxylic acids is 1. The molecule has 0 saturated carbocycles. The van der Waals surface area contributed by atoms with E-state index in [1.807, 2.05) is 31.2 Å². The molecule has 28 heavy (non-hydrogen) atoms. The highest BCUT2D eigenvalue weighted by molar-refractivity contribution is 5.93. The van der Waals surface area contributed by atoms with E-state index < -0.39 is 0 Å². The first-order valence-electron chi connectivity index (χ1n) is 9.79. The smallest absolute Gasteiger partial charge is 0.253 e. The van der Waals surface area contributed by atoms with Crippen LogP contribution in [0.3, 0.4) is 0 Å². The Kier molecular flexibility index (Phi) is 8.04. The van der Waals surface area contributed by atoms with Crippen LogP contribution < -0.4 is 10.6 Å². The Morgan fingerprint density at radius 3 is 2.39 bits per heavy atom. The summed E-state index contributed by atoms with van der Waals surface area (Å²) >= 11 is 0. The minimum Gasteiger partial charge on any atom is -0.361 e. The molecule has 7 heteroatoms. The third-order valence-corrected chi connectivity index (χ3v) is 4.41. The van der Waals surface area contributed by atoms with Crippen molar-refractivity contribution in [2.24, 2.45) is 4.99 Å². The molecular weight excluding hydrogens is 354 g/mol. The van der Waals surface area contributed by atoms with Crippen LogP contribution in [0.15, 0.2) is 33.8 Å². The lowest BCUT2D eigenvalue weighted by Gasteiger charge is -2.12. The van der Waals surface area contributed by atoms with Crippen LogP contribution in [0.5, 0.6) is 0 Å². The SMILES string of the molecule is CCNC(=NCc1ccc(C(=O)N(C)C)cc1)NCc1c(CC)noc1CC. The first-order chi connectivity index (χ1) is 13.5. The van der Waals surface area contributed by atoms with Gasteiger partial charge in [0.2, 0.25) is 0 Å². The van der Waals surface area contributed by atoms with Crippen LogP contribution in [0.1, 0.15) is 53.7 Å². The van der Waals surface area contributed by atoms with Gasteiger partial charge in [0.1, 0.15) is 5.76 Å². The van der Waals surface area contributed by atoms with Gasteiger partial charge in [0.15, 0.2) is 5.96 Å². The zero-order valence-corrected chi connectivity index (χ0v) is 17.5. The van der Waals surface area contributed by atoms with Gasteiger partial charge in [0, 0.05) is 44.7 Å². The fraction of sp³-hybridized carbons (Fsp3) is 0.476. The van der Waals surface area contributed by atoms with E-state index in [0.29, 0.717) is 18.7 Å². The molecule has 0 radical (unpaired) electrons. The number of aromatic nitrogens is 1. The Morgan fingerprint density at radius 1 is 1.11 bits per heavy atom. The lowest BCUT2D eigenvalue weighted by Crippen LogP contribution is -2.37. The van der Waals surface area contributed by atoms with Crippen LogP contribution in [0.25, 0.3) is 0 Å². The first kappa shape index (κ1) is 21.5. The molecule has 0 spiro atoms. The molecule has 2 N–H and O–H groups in total. The lowest BCUT2D eigenvalue weighted by atomic mass is 10.1. The molecule has 152 valence electrons. The van der Waals surface area contributed by atoms with Crippen LogP contribution >= 0.6 is 0 Å². The van der Waals surface area contributed by atoms with Crippen LogP contribution in [0.2, 0.25) is 0 Å². The summed E-state index contributed by atoms with van der Waals surface area (Å²) in [5, 5.41) is 10.8. The number of guanidine groups is 1. The molecule has 0 atom stereocenters. The first-order valence-corrected chi connectivity index (χ1v) is 9.79. The third kappa shape index (κ3) is 5.58. The normalized spacial score (nSPS) is 11.4. The van der Waals surface area contributed by atoms with Crippen molar-refractivity contribution in [3.63, 3.8) is 0 Å². The topological polar surface area (TPSA) is 82.8 Å². The molecule has 1 aromatic carbocycles. The number of amides is 1. The largest absolute Gasteiger partial charge is 0.361 e. The summed E-state index contributed by atoms with van der Waals surface area (Å²) < 4.78 is 5.42. The Morgan fingerprint density at radius 2 is 1.82 bits per heavy atom. The molecule has 0 bridgehead atoms. The van der Waals surface area contributed by atoms with Crippen molar-refractivity contribution in [3.8, 4) is 0 Å². The fourth-order valence-electron chi connectivity index (χ4n) is 2.83. The van der Waals surface area contributed by atoms with Gasteiger partial charge in [-0.15, -0.1) is 0 Å². The van der Waals surface area contributed by atoms with E-state index in [1.165, 1.54) is 0 Å². The maximum absolute atomic E-state index is 12.0. The van der Waals surface area contributed by atoms with E-state index in [1.54, 1.807) is 19.0 Å². The molecule has 1 heterocycles. The molecule has 7 nitrogen and oxygen atoms in total. The summed E-state index contributed by atoms with van der Waals surface area (Å²) in [6.07, 6.45) is 1.65. The van der Waals surface area contributed by atoms with Crippen molar-refractivity contribution in [1.82, 2.24) is 20.7 Å². The molecule has 0 aliphatic heterocycles. The zero-order chi connectivity index (χ0) is 20.5. The van der Waals surface area contributed by atoms with E-state index in [9.17, 15) is 4.79 Å². The molecule has 1 amide bonds. The van der Waals surface area contributed by atoms with Gasteiger partial charge in [-0.25, -0.2) is 4.99 Å². The minimum atomic E-state index is -0.00256. The number of aryl methyl sites for hydroxylation is 2. The monoisotopic (exact) mass is 385 g/mol. The van der Waals surface area contributed by atoms with Crippen LogP contribution in [0, 0.1) is 0 Å². The van der Waals surface area contributed by atoms with Gasteiger partial charge < -0.3 is 20.1 Å². The van der Waals surface area contributed by atoms with Crippen molar-refractivity contribution >= 4 is 11.9 Å². The summed E-state index contributed by atoms with van der Waals surface area (Å²) in [4.78, 5) is 18.2. The van der Waals surface area contributed by atoms with Gasteiger partial charge in [-0.2, -0.15) is 0 Å². The zero-order valence-electron chi connectivity index (χ0n) is 17.5. The summed E-state index contributed by atoms with van der Waals surface area (Å²) in [5.74, 6) is 1.65. The Bertz CT molecular complexity index is 772. The third-order valence-electron chi connectivity index (χ3n) is 4.41. The molecule has 2 aromatic rings. The van der Waals surface area contributed by atoms with E-state index in [0.717, 1.165) is 47.9 Å². The highest BCUT2D eigenvalue weighted by atomic mass is 16.5. The predicted molar refractivity (Wildman–Crippen MR) is 111 cm³/mol. The second-order valence-electron chi connectivity index (χ2n) is 6.68. The van der Waals surface area contributed by atoms with E-state index in [-0.39, 0.29) is 5.91 Å².